The molecule has 4 heteroatoms. The molecule has 0 saturated heterocycles. The molecule has 1 heterocycles. The van der Waals surface area contributed by atoms with Gasteiger partial charge in [0.25, 0.3) is 0 Å². The SMILES string of the molecule is O=C(CNc1ccccc1)NCCc1c[nH]c2ccccc12. The van der Waals surface area contributed by atoms with E-state index in [1.807, 2.05) is 48.7 Å². The van der Waals surface area contributed by atoms with Crippen LogP contribution in [-0.2, 0) is 11.2 Å². The number of benzene rings is 2. The molecule has 0 aliphatic rings. The van der Waals surface area contributed by atoms with E-state index in [9.17, 15) is 4.79 Å². The molecule has 22 heavy (non-hydrogen) atoms. The second-order valence-electron chi connectivity index (χ2n) is 5.18. The van der Waals surface area contributed by atoms with Crippen molar-refractivity contribution in [1.82, 2.24) is 10.3 Å². The van der Waals surface area contributed by atoms with Gasteiger partial charge in [0.1, 0.15) is 0 Å². The maximum atomic E-state index is 11.8. The molecule has 0 spiro atoms. The zero-order chi connectivity index (χ0) is 15.2. The summed E-state index contributed by atoms with van der Waals surface area (Å²) in [7, 11) is 0. The topological polar surface area (TPSA) is 56.9 Å². The van der Waals surface area contributed by atoms with Crippen LogP contribution in [0.2, 0.25) is 0 Å². The molecule has 3 N–H and O–H groups in total. The van der Waals surface area contributed by atoms with Gasteiger partial charge in [-0.15, -0.1) is 0 Å². The third kappa shape index (κ3) is 3.47. The van der Waals surface area contributed by atoms with Gasteiger partial charge < -0.3 is 15.6 Å². The molecule has 2 aromatic carbocycles. The first kappa shape index (κ1) is 14.2. The highest BCUT2D eigenvalue weighted by molar-refractivity contribution is 5.83. The predicted molar refractivity (Wildman–Crippen MR) is 89.9 cm³/mol. The smallest absolute Gasteiger partial charge is 0.239 e. The largest absolute Gasteiger partial charge is 0.376 e. The first-order valence-corrected chi connectivity index (χ1v) is 7.43. The molecule has 0 saturated carbocycles. The maximum Gasteiger partial charge on any atom is 0.239 e. The molecule has 1 amide bonds. The summed E-state index contributed by atoms with van der Waals surface area (Å²) in [6.45, 7) is 0.926. The monoisotopic (exact) mass is 293 g/mol. The Hall–Kier alpha value is -2.75. The van der Waals surface area contributed by atoms with Crippen LogP contribution in [-0.4, -0.2) is 24.0 Å². The number of nitrogens with one attached hydrogen (secondary N) is 3. The summed E-state index contributed by atoms with van der Waals surface area (Å²) >= 11 is 0. The zero-order valence-corrected chi connectivity index (χ0v) is 12.3. The van der Waals surface area contributed by atoms with Gasteiger partial charge in [0.05, 0.1) is 6.54 Å². The Morgan fingerprint density at radius 2 is 1.77 bits per heavy atom. The Kier molecular flexibility index (Phi) is 4.39. The maximum absolute atomic E-state index is 11.8. The second kappa shape index (κ2) is 6.80. The number of carbonyl (C=O) groups is 1. The highest BCUT2D eigenvalue weighted by Gasteiger charge is 2.04. The molecule has 1 aromatic heterocycles. The zero-order valence-electron chi connectivity index (χ0n) is 12.3. The minimum absolute atomic E-state index is 0.00342. The van der Waals surface area contributed by atoms with E-state index in [0.29, 0.717) is 6.54 Å². The van der Waals surface area contributed by atoms with E-state index < -0.39 is 0 Å². The number of aromatic nitrogens is 1. The van der Waals surface area contributed by atoms with Gasteiger partial charge in [-0.25, -0.2) is 0 Å². The van der Waals surface area contributed by atoms with E-state index in [2.05, 4.69) is 27.8 Å². The van der Waals surface area contributed by atoms with Crippen LogP contribution in [0.5, 0.6) is 0 Å². The first-order chi connectivity index (χ1) is 10.8. The fourth-order valence-corrected chi connectivity index (χ4v) is 2.48. The molecule has 0 aliphatic carbocycles. The van der Waals surface area contributed by atoms with Crippen LogP contribution < -0.4 is 10.6 Å². The lowest BCUT2D eigenvalue weighted by Crippen LogP contribution is -2.31. The van der Waals surface area contributed by atoms with Crippen molar-refractivity contribution in [2.45, 2.75) is 6.42 Å². The van der Waals surface area contributed by atoms with Gasteiger partial charge in [0.15, 0.2) is 0 Å². The summed E-state index contributed by atoms with van der Waals surface area (Å²) in [4.78, 5) is 15.1. The number of hydrogen-bond acceptors (Lipinski definition) is 2. The average Bonchev–Trinajstić information content (AvgIpc) is 2.97. The van der Waals surface area contributed by atoms with Crippen molar-refractivity contribution in [3.8, 4) is 0 Å². The van der Waals surface area contributed by atoms with Crippen molar-refractivity contribution in [3.63, 3.8) is 0 Å². The van der Waals surface area contributed by atoms with Gasteiger partial charge in [-0.3, -0.25) is 4.79 Å². The van der Waals surface area contributed by atoms with Crippen LogP contribution in [0.4, 0.5) is 5.69 Å². The van der Waals surface area contributed by atoms with Crippen LogP contribution in [0, 0.1) is 0 Å². The number of anilines is 1. The second-order valence-corrected chi connectivity index (χ2v) is 5.18. The van der Waals surface area contributed by atoms with E-state index in [-0.39, 0.29) is 12.5 Å². The van der Waals surface area contributed by atoms with E-state index in [0.717, 1.165) is 17.6 Å². The number of fused-ring (bicyclic) bond motifs is 1. The Morgan fingerprint density at radius 3 is 2.64 bits per heavy atom. The summed E-state index contributed by atoms with van der Waals surface area (Å²) in [5, 5.41) is 7.26. The van der Waals surface area contributed by atoms with Crippen molar-refractivity contribution in [2.75, 3.05) is 18.4 Å². The summed E-state index contributed by atoms with van der Waals surface area (Å²) < 4.78 is 0. The van der Waals surface area contributed by atoms with Gasteiger partial charge in [0.2, 0.25) is 5.91 Å². The normalized spacial score (nSPS) is 10.5. The van der Waals surface area contributed by atoms with Crippen LogP contribution in [0.1, 0.15) is 5.56 Å². The van der Waals surface area contributed by atoms with Crippen molar-refractivity contribution >= 4 is 22.5 Å². The minimum Gasteiger partial charge on any atom is -0.376 e. The number of rotatable bonds is 6. The van der Waals surface area contributed by atoms with Gasteiger partial charge in [0, 0.05) is 29.3 Å². The quantitative estimate of drug-likeness (QED) is 0.654. The summed E-state index contributed by atoms with van der Waals surface area (Å²) in [6, 6.07) is 17.9. The molecular formula is C18H19N3O. The van der Waals surface area contributed by atoms with Crippen molar-refractivity contribution in [2.24, 2.45) is 0 Å². The van der Waals surface area contributed by atoms with E-state index in [1.165, 1.54) is 10.9 Å². The minimum atomic E-state index is 0.00342. The lowest BCUT2D eigenvalue weighted by atomic mass is 10.1. The third-order valence-corrected chi connectivity index (χ3v) is 3.62. The molecule has 3 rings (SSSR count). The van der Waals surface area contributed by atoms with Crippen molar-refractivity contribution < 1.29 is 4.79 Å². The lowest BCUT2D eigenvalue weighted by molar-refractivity contribution is -0.119. The van der Waals surface area contributed by atoms with Crippen molar-refractivity contribution in [3.05, 3.63) is 66.4 Å². The third-order valence-electron chi connectivity index (χ3n) is 3.62. The average molecular weight is 293 g/mol. The van der Waals surface area contributed by atoms with E-state index in [1.54, 1.807) is 0 Å². The van der Waals surface area contributed by atoms with Crippen LogP contribution >= 0.6 is 0 Å². The summed E-state index contributed by atoms with van der Waals surface area (Å²) in [5.74, 6) is 0.00342. The Morgan fingerprint density at radius 1 is 1.00 bits per heavy atom. The molecule has 0 fully saturated rings. The number of hydrogen-bond donors (Lipinski definition) is 3. The Labute approximate surface area is 129 Å². The Balaban J connectivity index is 1.45. The van der Waals surface area contributed by atoms with Gasteiger partial charge >= 0.3 is 0 Å². The molecule has 112 valence electrons. The lowest BCUT2D eigenvalue weighted by Gasteiger charge is -2.07. The fraction of sp³-hybridized carbons (Fsp3) is 0.167. The Bertz CT molecular complexity index is 749. The van der Waals surface area contributed by atoms with E-state index >= 15 is 0 Å². The molecule has 0 atom stereocenters. The molecule has 4 nitrogen and oxygen atoms in total. The van der Waals surface area contributed by atoms with Gasteiger partial charge in [-0.2, -0.15) is 0 Å². The molecule has 0 bridgehead atoms. The molecule has 0 radical (unpaired) electrons. The van der Waals surface area contributed by atoms with E-state index in [4.69, 9.17) is 0 Å². The number of amides is 1. The number of aromatic amines is 1. The van der Waals surface area contributed by atoms with Gasteiger partial charge in [-0.05, 0) is 30.2 Å². The highest BCUT2D eigenvalue weighted by Crippen LogP contribution is 2.17. The van der Waals surface area contributed by atoms with Crippen LogP contribution in [0.15, 0.2) is 60.8 Å². The van der Waals surface area contributed by atoms with Crippen LogP contribution in [0.3, 0.4) is 0 Å². The summed E-state index contributed by atoms with van der Waals surface area (Å²) in [6.07, 6.45) is 2.83. The number of carbonyl (C=O) groups excluding carboxylic acids is 1. The first-order valence-electron chi connectivity index (χ1n) is 7.43. The molecule has 3 aromatic rings. The molecule has 0 aliphatic heterocycles. The van der Waals surface area contributed by atoms with Crippen molar-refractivity contribution in [1.29, 1.82) is 0 Å². The predicted octanol–water partition coefficient (Wildman–Crippen LogP) is 2.94. The highest BCUT2D eigenvalue weighted by atomic mass is 16.1. The standard InChI is InChI=1S/C18H19N3O/c22-18(13-20-15-6-2-1-3-7-15)19-11-10-14-12-21-17-9-5-4-8-16(14)17/h1-9,12,20-21H,10-11,13H2,(H,19,22). The molecular weight excluding hydrogens is 274 g/mol. The fourth-order valence-electron chi connectivity index (χ4n) is 2.48. The summed E-state index contributed by atoms with van der Waals surface area (Å²) in [5.41, 5.74) is 3.32. The van der Waals surface area contributed by atoms with Gasteiger partial charge in [-0.1, -0.05) is 36.4 Å². The number of H-pyrrole nitrogens is 1. The number of para-hydroxylation sites is 2. The van der Waals surface area contributed by atoms with Crippen LogP contribution in [0.25, 0.3) is 10.9 Å². The molecule has 0 unspecified atom stereocenters.